The van der Waals surface area contributed by atoms with Crippen molar-refractivity contribution in [1.29, 1.82) is 0 Å². The maximum Gasteiger partial charge on any atom is 0.418 e. The molecule has 4 nitrogen and oxygen atoms in total. The van der Waals surface area contributed by atoms with E-state index in [1.54, 1.807) is 0 Å². The number of anilines is 2. The highest BCUT2D eigenvalue weighted by Crippen LogP contribution is 2.37. The minimum Gasteiger partial charge on any atom is -0.326 e. The Morgan fingerprint density at radius 3 is 2.28 bits per heavy atom. The molecule has 2 amide bonds. The van der Waals surface area contributed by atoms with E-state index in [1.807, 2.05) is 0 Å². The average Bonchev–Trinajstić information content (AvgIpc) is 2.49. The lowest BCUT2D eigenvalue weighted by Crippen LogP contribution is -2.18. The van der Waals surface area contributed by atoms with Gasteiger partial charge in [-0.15, -0.1) is 0 Å². The van der Waals surface area contributed by atoms with Gasteiger partial charge in [0.1, 0.15) is 0 Å². The molecule has 2 N–H and O–H groups in total. The number of alkyl halides is 3. The number of hydrogen-bond acceptors (Lipinski definition) is 2. The second-order valence-electron chi connectivity index (χ2n) is 5.02. The fourth-order valence-corrected chi connectivity index (χ4v) is 2.41. The number of hydrogen-bond donors (Lipinski definition) is 2. The van der Waals surface area contributed by atoms with Crippen LogP contribution >= 0.6 is 23.2 Å². The van der Waals surface area contributed by atoms with Crippen molar-refractivity contribution in [3.8, 4) is 0 Å². The molecule has 2 rings (SSSR count). The van der Waals surface area contributed by atoms with E-state index >= 15 is 0 Å². The SMILES string of the molecule is CC(=O)Nc1ccc(NC(=O)c2cc(Cl)ccc2Cl)c(C(F)(F)F)c1. The first kappa shape index (κ1) is 19.1. The molecule has 2 aromatic rings. The van der Waals surface area contributed by atoms with E-state index in [2.05, 4.69) is 10.6 Å². The number of halogens is 5. The summed E-state index contributed by atoms with van der Waals surface area (Å²) in [4.78, 5) is 23.2. The number of carbonyl (C=O) groups excluding carboxylic acids is 2. The highest BCUT2D eigenvalue weighted by atomic mass is 35.5. The highest BCUT2D eigenvalue weighted by Gasteiger charge is 2.34. The smallest absolute Gasteiger partial charge is 0.326 e. The summed E-state index contributed by atoms with van der Waals surface area (Å²) in [6, 6.07) is 7.08. The molecule has 0 bridgehead atoms. The first-order chi connectivity index (χ1) is 11.6. The molecule has 0 fully saturated rings. The van der Waals surface area contributed by atoms with Gasteiger partial charge in [-0.3, -0.25) is 9.59 Å². The summed E-state index contributed by atoms with van der Waals surface area (Å²) in [5, 5.41) is 4.68. The van der Waals surface area contributed by atoms with Crippen molar-refractivity contribution < 1.29 is 22.8 Å². The van der Waals surface area contributed by atoms with E-state index in [0.29, 0.717) is 0 Å². The van der Waals surface area contributed by atoms with E-state index < -0.39 is 29.2 Å². The second kappa shape index (κ2) is 7.33. The van der Waals surface area contributed by atoms with Gasteiger partial charge in [0.2, 0.25) is 5.91 Å². The van der Waals surface area contributed by atoms with Crippen molar-refractivity contribution in [2.24, 2.45) is 0 Å². The molecule has 0 saturated carbocycles. The number of nitrogens with one attached hydrogen (secondary N) is 2. The third kappa shape index (κ3) is 4.87. The Balaban J connectivity index is 2.39. The van der Waals surface area contributed by atoms with Crippen LogP contribution in [0.4, 0.5) is 24.5 Å². The first-order valence-electron chi connectivity index (χ1n) is 6.83. The Kier molecular flexibility index (Phi) is 5.59. The molecular weight excluding hydrogens is 380 g/mol. The molecule has 132 valence electrons. The molecule has 25 heavy (non-hydrogen) atoms. The van der Waals surface area contributed by atoms with Gasteiger partial charge in [0.25, 0.3) is 5.91 Å². The molecule has 0 aliphatic carbocycles. The molecule has 0 heterocycles. The van der Waals surface area contributed by atoms with Crippen molar-refractivity contribution in [2.75, 3.05) is 10.6 Å². The van der Waals surface area contributed by atoms with Gasteiger partial charge in [0.15, 0.2) is 0 Å². The Hall–Kier alpha value is -2.25. The third-order valence-electron chi connectivity index (χ3n) is 3.07. The van der Waals surface area contributed by atoms with Gasteiger partial charge in [0, 0.05) is 17.6 Å². The van der Waals surface area contributed by atoms with Gasteiger partial charge in [-0.05, 0) is 36.4 Å². The molecule has 0 atom stereocenters. The minimum atomic E-state index is -4.74. The molecular formula is C16H11Cl2F3N2O2. The van der Waals surface area contributed by atoms with E-state index in [1.165, 1.54) is 31.2 Å². The molecule has 0 unspecified atom stereocenters. The lowest BCUT2D eigenvalue weighted by Gasteiger charge is -2.16. The number of benzene rings is 2. The summed E-state index contributed by atoms with van der Waals surface area (Å²) < 4.78 is 39.8. The van der Waals surface area contributed by atoms with Crippen LogP contribution in [0, 0.1) is 0 Å². The third-order valence-corrected chi connectivity index (χ3v) is 3.63. The Labute approximate surface area is 150 Å². The predicted molar refractivity (Wildman–Crippen MR) is 90.2 cm³/mol. The molecule has 0 saturated heterocycles. The molecule has 0 radical (unpaired) electrons. The molecule has 9 heteroatoms. The molecule has 2 aromatic carbocycles. The Morgan fingerprint density at radius 1 is 1.00 bits per heavy atom. The van der Waals surface area contributed by atoms with Crippen LogP contribution < -0.4 is 10.6 Å². The van der Waals surface area contributed by atoms with E-state index in [0.717, 1.165) is 12.1 Å². The quantitative estimate of drug-likeness (QED) is 0.754. The summed E-state index contributed by atoms with van der Waals surface area (Å²) in [5.41, 5.74) is -1.68. The minimum absolute atomic E-state index is 0.0430. The van der Waals surface area contributed by atoms with Gasteiger partial charge in [-0.2, -0.15) is 13.2 Å². The fourth-order valence-electron chi connectivity index (χ4n) is 2.03. The van der Waals surface area contributed by atoms with Crippen molar-refractivity contribution in [3.63, 3.8) is 0 Å². The average molecular weight is 391 g/mol. The van der Waals surface area contributed by atoms with Crippen LogP contribution in [0.2, 0.25) is 10.0 Å². The fraction of sp³-hybridized carbons (Fsp3) is 0.125. The zero-order chi connectivity index (χ0) is 18.8. The Bertz CT molecular complexity index is 839. The maximum absolute atomic E-state index is 13.3. The van der Waals surface area contributed by atoms with Crippen molar-refractivity contribution in [1.82, 2.24) is 0 Å². The molecule has 0 spiro atoms. The van der Waals surface area contributed by atoms with Gasteiger partial charge in [0.05, 0.1) is 21.8 Å². The van der Waals surface area contributed by atoms with Gasteiger partial charge >= 0.3 is 6.18 Å². The van der Waals surface area contributed by atoms with Gasteiger partial charge in [-0.1, -0.05) is 23.2 Å². The lowest BCUT2D eigenvalue weighted by molar-refractivity contribution is -0.137. The van der Waals surface area contributed by atoms with Crippen LogP contribution in [0.25, 0.3) is 0 Å². The summed E-state index contributed by atoms with van der Waals surface area (Å²) in [7, 11) is 0. The van der Waals surface area contributed by atoms with Crippen molar-refractivity contribution >= 4 is 46.4 Å². The zero-order valence-corrected chi connectivity index (χ0v) is 14.2. The summed E-state index contributed by atoms with van der Waals surface area (Å²) >= 11 is 11.7. The van der Waals surface area contributed by atoms with Crippen LogP contribution in [0.5, 0.6) is 0 Å². The summed E-state index contributed by atoms with van der Waals surface area (Å²) in [6.45, 7) is 1.17. The van der Waals surface area contributed by atoms with Crippen LogP contribution in [0.1, 0.15) is 22.8 Å². The van der Waals surface area contributed by atoms with Gasteiger partial charge < -0.3 is 10.6 Å². The van der Waals surface area contributed by atoms with Gasteiger partial charge in [-0.25, -0.2) is 0 Å². The monoisotopic (exact) mass is 390 g/mol. The summed E-state index contributed by atoms with van der Waals surface area (Å²) in [6.07, 6.45) is -4.74. The van der Waals surface area contributed by atoms with E-state index in [-0.39, 0.29) is 21.3 Å². The topological polar surface area (TPSA) is 58.2 Å². The normalized spacial score (nSPS) is 11.1. The maximum atomic E-state index is 13.3. The summed E-state index contributed by atoms with van der Waals surface area (Å²) in [5.74, 6) is -1.36. The predicted octanol–water partition coefficient (Wildman–Crippen LogP) is 5.22. The first-order valence-corrected chi connectivity index (χ1v) is 7.59. The lowest BCUT2D eigenvalue weighted by atomic mass is 10.1. The second-order valence-corrected chi connectivity index (χ2v) is 5.86. The number of amides is 2. The van der Waals surface area contributed by atoms with Crippen LogP contribution in [-0.4, -0.2) is 11.8 Å². The molecule has 0 aromatic heterocycles. The van der Waals surface area contributed by atoms with Crippen molar-refractivity contribution in [2.45, 2.75) is 13.1 Å². The molecule has 0 aliphatic heterocycles. The highest BCUT2D eigenvalue weighted by molar-refractivity contribution is 6.36. The largest absolute Gasteiger partial charge is 0.418 e. The van der Waals surface area contributed by atoms with Crippen LogP contribution in [0.15, 0.2) is 36.4 Å². The van der Waals surface area contributed by atoms with E-state index in [9.17, 15) is 22.8 Å². The van der Waals surface area contributed by atoms with Crippen molar-refractivity contribution in [3.05, 3.63) is 57.6 Å². The zero-order valence-electron chi connectivity index (χ0n) is 12.7. The Morgan fingerprint density at radius 2 is 1.68 bits per heavy atom. The van der Waals surface area contributed by atoms with Crippen LogP contribution in [0.3, 0.4) is 0 Å². The molecule has 0 aliphatic rings. The standard InChI is InChI=1S/C16H11Cl2F3N2O2/c1-8(24)22-10-3-5-14(12(7-10)16(19,20)21)23-15(25)11-6-9(17)2-4-13(11)18/h2-7H,1H3,(H,22,24)(H,23,25). The number of rotatable bonds is 3. The van der Waals surface area contributed by atoms with Crippen LogP contribution in [-0.2, 0) is 11.0 Å². The number of carbonyl (C=O) groups is 2. The van der Waals surface area contributed by atoms with E-state index in [4.69, 9.17) is 23.2 Å².